The maximum atomic E-state index is 11.3. The molecule has 21 heavy (non-hydrogen) atoms. The fraction of sp³-hybridized carbons (Fsp3) is 0.632. The monoisotopic (exact) mass is 284 g/mol. The number of hydrogen-bond acceptors (Lipinski definition) is 1. The molecule has 0 aromatic rings. The highest BCUT2D eigenvalue weighted by atomic mass is 16.4. The molecule has 0 aromatic carbocycles. The van der Waals surface area contributed by atoms with E-state index in [1.54, 1.807) is 11.1 Å². The Bertz CT molecular complexity index is 568. The Morgan fingerprint density at radius 1 is 1.33 bits per heavy atom. The zero-order valence-electron chi connectivity index (χ0n) is 12.7. The fourth-order valence-corrected chi connectivity index (χ4v) is 5.39. The Morgan fingerprint density at radius 3 is 3.00 bits per heavy atom. The molecule has 2 saturated carbocycles. The van der Waals surface area contributed by atoms with Crippen LogP contribution >= 0.6 is 0 Å². The molecule has 112 valence electrons. The van der Waals surface area contributed by atoms with E-state index < -0.39 is 5.97 Å². The molecule has 0 aliphatic heterocycles. The third-order valence-electron chi connectivity index (χ3n) is 6.58. The standard InChI is InChI=1S/C19H24O2/c1-19-9-2-3-17(19)16-7-4-12-11-13(18(20)21)5-6-14(12)15(16)8-10-19/h2-3,7,9,12-15H,4-6,8,10-11H2,1H3,(H,20,21)/t12?,13?,14-,15+,19-/m0/s1. The molecule has 2 fully saturated rings. The van der Waals surface area contributed by atoms with E-state index in [4.69, 9.17) is 0 Å². The van der Waals surface area contributed by atoms with Crippen molar-refractivity contribution in [3.63, 3.8) is 0 Å². The highest BCUT2D eigenvalue weighted by molar-refractivity contribution is 5.70. The molecular formula is C19H24O2. The first-order valence-electron chi connectivity index (χ1n) is 8.42. The lowest BCUT2D eigenvalue weighted by Gasteiger charge is -2.48. The Hall–Kier alpha value is -1.31. The SMILES string of the molecule is C[C@@]12C=CC=C1C1=CCC3CC(C(=O)O)CC[C@@H]3[C@H]1CC2. The first kappa shape index (κ1) is 13.4. The highest BCUT2D eigenvalue weighted by Gasteiger charge is 2.46. The van der Waals surface area contributed by atoms with E-state index >= 15 is 0 Å². The van der Waals surface area contributed by atoms with Gasteiger partial charge in [0.15, 0.2) is 0 Å². The molecule has 0 heterocycles. The fourth-order valence-electron chi connectivity index (χ4n) is 5.39. The van der Waals surface area contributed by atoms with Crippen LogP contribution in [0.15, 0.2) is 35.5 Å². The molecule has 0 aromatic heterocycles. The molecule has 1 N–H and O–H groups in total. The molecule has 0 saturated heterocycles. The van der Waals surface area contributed by atoms with Gasteiger partial charge in [-0.2, -0.15) is 0 Å². The molecule has 0 amide bonds. The highest BCUT2D eigenvalue weighted by Crippen LogP contribution is 2.57. The second kappa shape index (κ2) is 4.59. The van der Waals surface area contributed by atoms with Crippen molar-refractivity contribution in [2.24, 2.45) is 29.1 Å². The number of hydrogen-bond donors (Lipinski definition) is 1. The molecule has 2 nitrogen and oxygen atoms in total. The molecule has 4 aliphatic carbocycles. The molecule has 0 bridgehead atoms. The predicted octanol–water partition coefficient (Wildman–Crippen LogP) is 4.35. The summed E-state index contributed by atoms with van der Waals surface area (Å²) in [5.41, 5.74) is 3.43. The Labute approximate surface area is 126 Å². The average molecular weight is 284 g/mol. The van der Waals surface area contributed by atoms with Crippen molar-refractivity contribution in [1.29, 1.82) is 0 Å². The molecule has 2 unspecified atom stereocenters. The van der Waals surface area contributed by atoms with Crippen molar-refractivity contribution in [3.8, 4) is 0 Å². The molecule has 0 radical (unpaired) electrons. The zero-order valence-corrected chi connectivity index (χ0v) is 12.7. The van der Waals surface area contributed by atoms with Crippen molar-refractivity contribution in [1.82, 2.24) is 0 Å². The van der Waals surface area contributed by atoms with E-state index in [0.717, 1.165) is 31.6 Å². The van der Waals surface area contributed by atoms with Gasteiger partial charge in [0.1, 0.15) is 0 Å². The minimum atomic E-state index is -0.581. The summed E-state index contributed by atoms with van der Waals surface area (Å²) in [6, 6.07) is 0. The lowest BCUT2D eigenvalue weighted by atomic mass is 9.56. The third-order valence-corrected chi connectivity index (χ3v) is 6.58. The third kappa shape index (κ3) is 1.95. The number of rotatable bonds is 1. The summed E-state index contributed by atoms with van der Waals surface area (Å²) in [4.78, 5) is 11.3. The van der Waals surface area contributed by atoms with E-state index in [2.05, 4.69) is 31.2 Å². The topological polar surface area (TPSA) is 37.3 Å². The second-order valence-electron chi connectivity index (χ2n) is 7.67. The van der Waals surface area contributed by atoms with Crippen LogP contribution in [0.5, 0.6) is 0 Å². The molecule has 4 rings (SSSR count). The largest absolute Gasteiger partial charge is 0.481 e. The van der Waals surface area contributed by atoms with E-state index in [-0.39, 0.29) is 11.3 Å². The van der Waals surface area contributed by atoms with Gasteiger partial charge in [-0.05, 0) is 67.4 Å². The Balaban J connectivity index is 1.61. The summed E-state index contributed by atoms with van der Waals surface area (Å²) in [6.45, 7) is 2.37. The van der Waals surface area contributed by atoms with Gasteiger partial charge in [-0.15, -0.1) is 0 Å². The van der Waals surface area contributed by atoms with Crippen LogP contribution in [0.25, 0.3) is 0 Å². The maximum absolute atomic E-state index is 11.3. The number of carboxylic acids is 1. The van der Waals surface area contributed by atoms with Crippen molar-refractivity contribution < 1.29 is 9.90 Å². The van der Waals surface area contributed by atoms with Gasteiger partial charge in [-0.25, -0.2) is 0 Å². The molecule has 5 atom stereocenters. The summed E-state index contributed by atoms with van der Waals surface area (Å²) in [5.74, 6) is 1.35. The average Bonchev–Trinajstić information content (AvgIpc) is 2.88. The summed E-state index contributed by atoms with van der Waals surface area (Å²) in [6.07, 6.45) is 15.9. The van der Waals surface area contributed by atoms with Gasteiger partial charge in [0.2, 0.25) is 0 Å². The van der Waals surface area contributed by atoms with Gasteiger partial charge in [0.25, 0.3) is 0 Å². The van der Waals surface area contributed by atoms with Crippen molar-refractivity contribution in [2.45, 2.75) is 45.4 Å². The summed E-state index contributed by atoms with van der Waals surface area (Å²) in [5, 5.41) is 9.29. The number of carbonyl (C=O) groups is 1. The van der Waals surface area contributed by atoms with E-state index in [1.807, 2.05) is 0 Å². The number of fused-ring (bicyclic) bond motifs is 5. The van der Waals surface area contributed by atoms with Crippen LogP contribution in [-0.4, -0.2) is 11.1 Å². The van der Waals surface area contributed by atoms with Crippen molar-refractivity contribution >= 4 is 5.97 Å². The number of carboxylic acid groups (broad SMARTS) is 1. The predicted molar refractivity (Wildman–Crippen MR) is 82.7 cm³/mol. The minimum absolute atomic E-state index is 0.0950. The van der Waals surface area contributed by atoms with E-state index in [1.165, 1.54) is 12.8 Å². The summed E-state index contributed by atoms with van der Waals surface area (Å²) in [7, 11) is 0. The zero-order chi connectivity index (χ0) is 14.6. The van der Waals surface area contributed by atoms with Gasteiger partial charge >= 0.3 is 5.97 Å². The van der Waals surface area contributed by atoms with Crippen LogP contribution in [-0.2, 0) is 4.79 Å². The van der Waals surface area contributed by atoms with Gasteiger partial charge in [-0.1, -0.05) is 31.2 Å². The van der Waals surface area contributed by atoms with Crippen LogP contribution in [0, 0.1) is 29.1 Å². The Morgan fingerprint density at radius 2 is 2.19 bits per heavy atom. The first-order chi connectivity index (χ1) is 10.1. The molecule has 0 spiro atoms. The smallest absolute Gasteiger partial charge is 0.306 e. The lowest BCUT2D eigenvalue weighted by Crippen LogP contribution is -2.40. The Kier molecular flexibility index (Phi) is 2.92. The van der Waals surface area contributed by atoms with Crippen molar-refractivity contribution in [2.75, 3.05) is 0 Å². The van der Waals surface area contributed by atoms with Crippen LogP contribution in [0.1, 0.15) is 45.4 Å². The summed E-state index contributed by atoms with van der Waals surface area (Å²) >= 11 is 0. The number of allylic oxidation sites excluding steroid dienone is 6. The van der Waals surface area contributed by atoms with Gasteiger partial charge in [0.05, 0.1) is 5.92 Å². The van der Waals surface area contributed by atoms with Crippen molar-refractivity contribution in [3.05, 3.63) is 35.5 Å². The minimum Gasteiger partial charge on any atom is -0.481 e. The van der Waals surface area contributed by atoms with Crippen LogP contribution in [0.3, 0.4) is 0 Å². The van der Waals surface area contributed by atoms with Gasteiger partial charge in [-0.3, -0.25) is 4.79 Å². The van der Waals surface area contributed by atoms with E-state index in [9.17, 15) is 9.90 Å². The maximum Gasteiger partial charge on any atom is 0.306 e. The number of aliphatic carboxylic acids is 1. The van der Waals surface area contributed by atoms with Crippen LogP contribution in [0.4, 0.5) is 0 Å². The van der Waals surface area contributed by atoms with Crippen LogP contribution < -0.4 is 0 Å². The first-order valence-corrected chi connectivity index (χ1v) is 8.42. The summed E-state index contributed by atoms with van der Waals surface area (Å²) < 4.78 is 0. The molecule has 2 heteroatoms. The normalized spacial score (nSPS) is 44.2. The quantitative estimate of drug-likeness (QED) is 0.777. The molecular weight excluding hydrogens is 260 g/mol. The second-order valence-corrected chi connectivity index (χ2v) is 7.67. The lowest BCUT2D eigenvalue weighted by molar-refractivity contribution is -0.144. The van der Waals surface area contributed by atoms with Crippen LogP contribution in [0.2, 0.25) is 0 Å². The van der Waals surface area contributed by atoms with Gasteiger partial charge in [0, 0.05) is 5.41 Å². The van der Waals surface area contributed by atoms with E-state index in [0.29, 0.717) is 11.8 Å². The molecule has 4 aliphatic rings. The van der Waals surface area contributed by atoms with Gasteiger partial charge < -0.3 is 5.11 Å².